The number of nitrogens with zero attached hydrogens (tertiary/aromatic N) is 3. The topological polar surface area (TPSA) is 93.2 Å². The van der Waals surface area contributed by atoms with E-state index in [1.165, 1.54) is 12.1 Å². The van der Waals surface area contributed by atoms with Gasteiger partial charge in [0.15, 0.2) is 0 Å². The lowest BCUT2D eigenvalue weighted by Gasteiger charge is -2.38. The zero-order valence-electron chi connectivity index (χ0n) is 21.2. The number of hydrogen-bond acceptors (Lipinski definition) is 4. The second kappa shape index (κ2) is 9.94. The van der Waals surface area contributed by atoms with E-state index in [2.05, 4.69) is 5.32 Å². The Hall–Kier alpha value is -4.60. The van der Waals surface area contributed by atoms with E-state index in [0.717, 1.165) is 23.4 Å². The molecule has 3 aromatic carbocycles. The van der Waals surface area contributed by atoms with Crippen LogP contribution in [0, 0.1) is 6.92 Å². The van der Waals surface area contributed by atoms with E-state index < -0.39 is 35.5 Å². The van der Waals surface area contributed by atoms with Crippen LogP contribution in [0.5, 0.6) is 0 Å². The van der Waals surface area contributed by atoms with Gasteiger partial charge in [-0.1, -0.05) is 36.4 Å². The third kappa shape index (κ3) is 4.73. The van der Waals surface area contributed by atoms with E-state index >= 15 is 0 Å². The van der Waals surface area contributed by atoms with Crippen molar-refractivity contribution in [2.75, 3.05) is 17.2 Å². The number of aryl methyl sites for hydroxylation is 1. The number of carbonyl (C=O) groups excluding carboxylic acids is 2. The number of benzene rings is 3. The second-order valence-electron chi connectivity index (χ2n) is 9.33. The van der Waals surface area contributed by atoms with Gasteiger partial charge in [-0.2, -0.15) is 18.3 Å². The molecule has 5 rings (SSSR count). The number of halogens is 3. The minimum atomic E-state index is -4.61. The Balaban J connectivity index is 1.66. The molecule has 0 radical (unpaired) electrons. The van der Waals surface area contributed by atoms with Gasteiger partial charge >= 0.3 is 6.18 Å². The molecule has 2 amide bonds. The highest BCUT2D eigenvalue weighted by molar-refractivity contribution is 6.05. The lowest BCUT2D eigenvalue weighted by molar-refractivity contribution is -0.137. The van der Waals surface area contributed by atoms with Crippen LogP contribution >= 0.6 is 0 Å². The van der Waals surface area contributed by atoms with Gasteiger partial charge in [0.25, 0.3) is 11.8 Å². The average molecular weight is 534 g/mol. The summed E-state index contributed by atoms with van der Waals surface area (Å²) in [7, 11) is 0. The molecule has 1 aromatic heterocycles. The van der Waals surface area contributed by atoms with Crippen LogP contribution in [-0.4, -0.2) is 34.2 Å². The number of hydrogen-bond donors (Lipinski definition) is 2. The third-order valence-electron chi connectivity index (χ3n) is 6.84. The number of fused-ring (bicyclic) bond motifs is 1. The average Bonchev–Trinajstić information content (AvgIpc) is 3.25. The maximum Gasteiger partial charge on any atom is 0.416 e. The fourth-order valence-corrected chi connectivity index (χ4v) is 5.11. The van der Waals surface area contributed by atoms with Crippen LogP contribution in [0.25, 0.3) is 5.69 Å². The maximum atomic E-state index is 14.0. The van der Waals surface area contributed by atoms with Crippen LogP contribution in [-0.2, 0) is 11.0 Å². The first kappa shape index (κ1) is 26.0. The van der Waals surface area contributed by atoms with Gasteiger partial charge in [-0.25, -0.2) is 4.68 Å². The van der Waals surface area contributed by atoms with Crippen molar-refractivity contribution in [3.63, 3.8) is 0 Å². The first-order chi connectivity index (χ1) is 18.6. The lowest BCUT2D eigenvalue weighted by Crippen LogP contribution is -2.55. The van der Waals surface area contributed by atoms with Gasteiger partial charge in [0.05, 0.1) is 16.9 Å². The van der Waals surface area contributed by atoms with Crippen molar-refractivity contribution in [2.45, 2.75) is 32.0 Å². The minimum Gasteiger partial charge on any atom is -0.399 e. The summed E-state index contributed by atoms with van der Waals surface area (Å²) in [6, 6.07) is 19.4. The molecule has 0 saturated heterocycles. The summed E-state index contributed by atoms with van der Waals surface area (Å²) < 4.78 is 41.6. The van der Waals surface area contributed by atoms with Crippen LogP contribution in [0.3, 0.4) is 0 Å². The largest absolute Gasteiger partial charge is 0.416 e. The highest BCUT2D eigenvalue weighted by Gasteiger charge is 2.45. The van der Waals surface area contributed by atoms with E-state index in [9.17, 15) is 22.8 Å². The highest BCUT2D eigenvalue weighted by atomic mass is 19.4. The monoisotopic (exact) mass is 533 g/mol. The smallest absolute Gasteiger partial charge is 0.399 e. The number of nitrogens with two attached hydrogens (primary N) is 1. The van der Waals surface area contributed by atoms with Crippen LogP contribution in [0.2, 0.25) is 0 Å². The Morgan fingerprint density at radius 2 is 1.74 bits per heavy atom. The first-order valence-corrected chi connectivity index (χ1v) is 12.4. The molecular weight excluding hydrogens is 507 g/mol. The van der Waals surface area contributed by atoms with Crippen molar-refractivity contribution in [3.8, 4) is 5.69 Å². The quantitative estimate of drug-likeness (QED) is 0.350. The van der Waals surface area contributed by atoms with Crippen molar-refractivity contribution in [1.29, 1.82) is 0 Å². The Morgan fingerprint density at radius 3 is 2.41 bits per heavy atom. The van der Waals surface area contributed by atoms with Gasteiger partial charge < -0.3 is 11.1 Å². The Kier molecular flexibility index (Phi) is 6.63. The molecule has 200 valence electrons. The molecule has 0 aliphatic carbocycles. The predicted octanol–water partition coefficient (Wildman–Crippen LogP) is 5.08. The number of anilines is 2. The van der Waals surface area contributed by atoms with Crippen molar-refractivity contribution >= 4 is 23.3 Å². The van der Waals surface area contributed by atoms with Crippen molar-refractivity contribution in [1.82, 2.24) is 15.1 Å². The molecule has 1 aliphatic rings. The number of nitrogens with one attached hydrogen (secondary N) is 1. The Bertz CT molecular complexity index is 1550. The van der Waals surface area contributed by atoms with Crippen LogP contribution in [0.1, 0.15) is 45.6 Å². The zero-order valence-corrected chi connectivity index (χ0v) is 21.2. The molecule has 0 fully saturated rings. The molecule has 0 spiro atoms. The number of carbonyl (C=O) groups is 2. The van der Waals surface area contributed by atoms with E-state index in [0.29, 0.717) is 22.8 Å². The van der Waals surface area contributed by atoms with Gasteiger partial charge in [-0.15, -0.1) is 0 Å². The summed E-state index contributed by atoms with van der Waals surface area (Å²) >= 11 is 0. The molecule has 1 unspecified atom stereocenters. The number of likely N-dealkylation sites (N-methyl/N-ethyl adjacent to an activating group) is 1. The van der Waals surface area contributed by atoms with Gasteiger partial charge in [0, 0.05) is 29.3 Å². The number of amides is 2. The molecule has 4 aromatic rings. The fourth-order valence-electron chi connectivity index (χ4n) is 5.11. The molecule has 10 heteroatoms. The van der Waals surface area contributed by atoms with Gasteiger partial charge in [0.2, 0.25) is 0 Å². The number of rotatable bonds is 5. The maximum absolute atomic E-state index is 14.0. The van der Waals surface area contributed by atoms with E-state index in [1.54, 1.807) is 27.8 Å². The van der Waals surface area contributed by atoms with Gasteiger partial charge in [-0.3, -0.25) is 14.5 Å². The van der Waals surface area contributed by atoms with Crippen molar-refractivity contribution < 1.29 is 22.8 Å². The second-order valence-corrected chi connectivity index (χ2v) is 9.33. The summed E-state index contributed by atoms with van der Waals surface area (Å²) in [6.07, 6.45) is -4.61. The summed E-state index contributed by atoms with van der Waals surface area (Å²) in [5.74, 6) is -1.31. The molecular formula is C29H26F3N5O2. The zero-order chi connectivity index (χ0) is 27.9. The van der Waals surface area contributed by atoms with Gasteiger partial charge in [0.1, 0.15) is 11.9 Å². The third-order valence-corrected chi connectivity index (χ3v) is 6.84. The van der Waals surface area contributed by atoms with Crippen molar-refractivity contribution in [2.24, 2.45) is 0 Å². The number of aromatic nitrogens is 2. The molecule has 2 heterocycles. The summed E-state index contributed by atoms with van der Waals surface area (Å²) in [6.45, 7) is 3.92. The molecule has 0 saturated carbocycles. The highest BCUT2D eigenvalue weighted by Crippen LogP contribution is 2.43. The summed E-state index contributed by atoms with van der Waals surface area (Å²) in [5, 5.41) is 7.50. The lowest BCUT2D eigenvalue weighted by atomic mass is 9.81. The van der Waals surface area contributed by atoms with E-state index in [4.69, 9.17) is 10.8 Å². The van der Waals surface area contributed by atoms with Crippen LogP contribution < -0.4 is 16.0 Å². The standard InChI is InChI=1S/C29H26F3N5O2/c1-3-36-27-23(17(2)35-37(27)22-13-5-4-6-14-22)24(18-9-8-12-21(33)16-18)25(28(36)39)34-26(38)19-10-7-11-20(15-19)29(30,31)32/h4-16,24-25H,3,33H2,1-2H3,(H,34,38)/t24-,25?/m0/s1. The fraction of sp³-hybridized carbons (Fsp3) is 0.207. The molecule has 2 atom stereocenters. The Morgan fingerprint density at radius 1 is 1.03 bits per heavy atom. The summed E-state index contributed by atoms with van der Waals surface area (Å²) in [4.78, 5) is 28.9. The predicted molar refractivity (Wildman–Crippen MR) is 142 cm³/mol. The van der Waals surface area contributed by atoms with Crippen molar-refractivity contribution in [3.05, 3.63) is 107 Å². The van der Waals surface area contributed by atoms with Gasteiger partial charge in [-0.05, 0) is 61.9 Å². The van der Waals surface area contributed by atoms with Crippen LogP contribution in [0.15, 0.2) is 78.9 Å². The SMILES string of the molecule is CCN1C(=O)C(NC(=O)c2cccc(C(F)(F)F)c2)[C@@H](c2cccc(N)c2)c2c(C)nn(-c3ccccc3)c21. The normalized spacial score (nSPS) is 17.2. The molecule has 0 bridgehead atoms. The van der Waals surface area contributed by atoms with Crippen LogP contribution in [0.4, 0.5) is 24.7 Å². The van der Waals surface area contributed by atoms with E-state index in [1.807, 2.05) is 50.2 Å². The number of alkyl halides is 3. The van der Waals surface area contributed by atoms with E-state index in [-0.39, 0.29) is 12.1 Å². The number of nitrogen functional groups attached to an aromatic ring is 1. The minimum absolute atomic E-state index is 0.200. The number of para-hydroxylation sites is 1. The molecule has 39 heavy (non-hydrogen) atoms. The Labute approximate surface area is 223 Å². The molecule has 1 aliphatic heterocycles. The first-order valence-electron chi connectivity index (χ1n) is 12.4. The molecule has 3 N–H and O–H groups in total. The summed E-state index contributed by atoms with van der Waals surface area (Å²) in [5.41, 5.74) is 8.21. The molecule has 7 nitrogen and oxygen atoms in total.